The molecule has 0 spiro atoms. The number of nitrogens with zero attached hydrogens (tertiary/aromatic N) is 3. The SMILES string of the molecule is CC(=O)N(CCC(=O)N1CCC(C)CC1)c1ccc(N2CCC(C)CC2)cc1. The summed E-state index contributed by atoms with van der Waals surface area (Å²) >= 11 is 0. The third kappa shape index (κ3) is 5.27. The number of hydrogen-bond acceptors (Lipinski definition) is 3. The van der Waals surface area contributed by atoms with Crippen LogP contribution in [0.15, 0.2) is 24.3 Å². The molecule has 0 N–H and O–H groups in total. The predicted octanol–water partition coefficient (Wildman–Crippen LogP) is 3.92. The van der Waals surface area contributed by atoms with Gasteiger partial charge < -0.3 is 14.7 Å². The summed E-state index contributed by atoms with van der Waals surface area (Å²) < 4.78 is 0. The Balaban J connectivity index is 1.57. The number of hydrogen-bond donors (Lipinski definition) is 0. The zero-order valence-corrected chi connectivity index (χ0v) is 17.7. The normalized spacial score (nSPS) is 19.0. The van der Waals surface area contributed by atoms with Crippen LogP contribution in [0.4, 0.5) is 11.4 Å². The van der Waals surface area contributed by atoms with Crippen LogP contribution in [-0.2, 0) is 9.59 Å². The highest BCUT2D eigenvalue weighted by molar-refractivity contribution is 5.92. The summed E-state index contributed by atoms with van der Waals surface area (Å²) in [5, 5.41) is 0. The number of piperidine rings is 2. The molecule has 1 aromatic rings. The number of likely N-dealkylation sites (tertiary alicyclic amines) is 1. The minimum atomic E-state index is -0.0142. The van der Waals surface area contributed by atoms with Crippen molar-refractivity contribution in [3.8, 4) is 0 Å². The molecule has 154 valence electrons. The Bertz CT molecular complexity index is 657. The first-order valence-electron chi connectivity index (χ1n) is 10.8. The molecule has 5 nitrogen and oxygen atoms in total. The van der Waals surface area contributed by atoms with E-state index in [0.29, 0.717) is 18.9 Å². The minimum Gasteiger partial charge on any atom is -0.372 e. The highest BCUT2D eigenvalue weighted by Gasteiger charge is 2.22. The number of anilines is 2. The minimum absolute atomic E-state index is 0.0142. The van der Waals surface area contributed by atoms with Crippen molar-refractivity contribution in [3.05, 3.63) is 24.3 Å². The van der Waals surface area contributed by atoms with Crippen molar-refractivity contribution in [2.24, 2.45) is 11.8 Å². The van der Waals surface area contributed by atoms with Crippen LogP contribution in [0.25, 0.3) is 0 Å². The topological polar surface area (TPSA) is 43.9 Å². The molecule has 0 unspecified atom stereocenters. The Hall–Kier alpha value is -2.04. The fraction of sp³-hybridized carbons (Fsp3) is 0.652. The van der Waals surface area contributed by atoms with Crippen molar-refractivity contribution in [3.63, 3.8) is 0 Å². The average molecular weight is 386 g/mol. The maximum Gasteiger partial charge on any atom is 0.224 e. The van der Waals surface area contributed by atoms with Gasteiger partial charge in [-0.3, -0.25) is 9.59 Å². The van der Waals surface area contributed by atoms with Gasteiger partial charge in [-0.2, -0.15) is 0 Å². The van der Waals surface area contributed by atoms with Crippen LogP contribution >= 0.6 is 0 Å². The van der Waals surface area contributed by atoms with Crippen molar-refractivity contribution >= 4 is 23.2 Å². The second-order valence-electron chi connectivity index (χ2n) is 8.67. The Labute approximate surface area is 169 Å². The van der Waals surface area contributed by atoms with E-state index in [0.717, 1.165) is 50.6 Å². The number of carbonyl (C=O) groups excluding carboxylic acids is 2. The molecule has 0 aliphatic carbocycles. The van der Waals surface area contributed by atoms with Gasteiger partial charge in [0.15, 0.2) is 0 Å². The highest BCUT2D eigenvalue weighted by atomic mass is 16.2. The van der Waals surface area contributed by atoms with Crippen molar-refractivity contribution in [1.29, 1.82) is 0 Å². The molecule has 0 radical (unpaired) electrons. The molecular weight excluding hydrogens is 350 g/mol. The summed E-state index contributed by atoms with van der Waals surface area (Å²) in [5.41, 5.74) is 2.10. The third-order valence-corrected chi connectivity index (χ3v) is 6.38. The fourth-order valence-electron chi connectivity index (χ4n) is 4.20. The molecule has 2 fully saturated rings. The van der Waals surface area contributed by atoms with E-state index in [1.807, 2.05) is 17.0 Å². The van der Waals surface area contributed by atoms with Gasteiger partial charge in [0.2, 0.25) is 11.8 Å². The van der Waals surface area contributed by atoms with Crippen LogP contribution in [0, 0.1) is 11.8 Å². The lowest BCUT2D eigenvalue weighted by Crippen LogP contribution is -2.40. The van der Waals surface area contributed by atoms with Crippen molar-refractivity contribution < 1.29 is 9.59 Å². The third-order valence-electron chi connectivity index (χ3n) is 6.38. The first kappa shape index (κ1) is 20.7. The van der Waals surface area contributed by atoms with Gasteiger partial charge in [0.1, 0.15) is 0 Å². The van der Waals surface area contributed by atoms with E-state index in [1.165, 1.54) is 18.5 Å². The standard InChI is InChI=1S/C23H35N3O2/c1-18-8-13-24(14-9-18)21-4-6-22(7-5-21)26(20(3)27)17-12-23(28)25-15-10-19(2)11-16-25/h4-7,18-19H,8-17H2,1-3H3. The molecule has 0 aromatic heterocycles. The molecular formula is C23H35N3O2. The lowest BCUT2D eigenvalue weighted by molar-refractivity contribution is -0.132. The van der Waals surface area contributed by atoms with Gasteiger partial charge in [0, 0.05) is 57.4 Å². The molecule has 2 saturated heterocycles. The molecule has 3 rings (SSSR count). The molecule has 2 aliphatic heterocycles. The van der Waals surface area contributed by atoms with Crippen LogP contribution in [0.3, 0.4) is 0 Å². The van der Waals surface area contributed by atoms with Gasteiger partial charge >= 0.3 is 0 Å². The molecule has 5 heteroatoms. The van der Waals surface area contributed by atoms with Crippen LogP contribution in [0.2, 0.25) is 0 Å². The summed E-state index contributed by atoms with van der Waals surface area (Å²) in [6.45, 7) is 10.5. The van der Waals surface area contributed by atoms with E-state index in [9.17, 15) is 9.59 Å². The first-order chi connectivity index (χ1) is 13.4. The summed E-state index contributed by atoms with van der Waals surface area (Å²) in [6, 6.07) is 8.24. The summed E-state index contributed by atoms with van der Waals surface area (Å²) in [6.07, 6.45) is 5.02. The van der Waals surface area contributed by atoms with Crippen LogP contribution in [-0.4, -0.2) is 49.4 Å². The largest absolute Gasteiger partial charge is 0.372 e. The first-order valence-corrected chi connectivity index (χ1v) is 10.8. The summed E-state index contributed by atoms with van der Waals surface area (Å²) in [7, 11) is 0. The van der Waals surface area contributed by atoms with E-state index < -0.39 is 0 Å². The van der Waals surface area contributed by atoms with E-state index in [2.05, 4.69) is 30.9 Å². The smallest absolute Gasteiger partial charge is 0.224 e. The van der Waals surface area contributed by atoms with Gasteiger partial charge in [-0.05, 0) is 61.8 Å². The quantitative estimate of drug-likeness (QED) is 0.771. The van der Waals surface area contributed by atoms with Crippen molar-refractivity contribution in [2.45, 2.75) is 52.9 Å². The molecule has 2 heterocycles. The van der Waals surface area contributed by atoms with Gasteiger partial charge in [-0.15, -0.1) is 0 Å². The maximum absolute atomic E-state index is 12.5. The lowest BCUT2D eigenvalue weighted by atomic mass is 9.99. The second kappa shape index (κ2) is 9.44. The number of rotatable bonds is 5. The highest BCUT2D eigenvalue weighted by Crippen LogP contribution is 2.26. The monoisotopic (exact) mass is 385 g/mol. The van der Waals surface area contributed by atoms with Crippen molar-refractivity contribution in [1.82, 2.24) is 4.90 Å². The lowest BCUT2D eigenvalue weighted by Gasteiger charge is -2.32. The van der Waals surface area contributed by atoms with Gasteiger partial charge in [0.25, 0.3) is 0 Å². The van der Waals surface area contributed by atoms with Gasteiger partial charge in [-0.25, -0.2) is 0 Å². The number of amides is 2. The molecule has 2 amide bonds. The molecule has 28 heavy (non-hydrogen) atoms. The van der Waals surface area contributed by atoms with Gasteiger partial charge in [-0.1, -0.05) is 13.8 Å². The Morgan fingerprint density at radius 1 is 0.929 bits per heavy atom. The van der Waals surface area contributed by atoms with E-state index in [1.54, 1.807) is 11.8 Å². The predicted molar refractivity (Wildman–Crippen MR) is 115 cm³/mol. The summed E-state index contributed by atoms with van der Waals surface area (Å²) in [5.74, 6) is 1.67. The van der Waals surface area contributed by atoms with E-state index in [4.69, 9.17) is 0 Å². The van der Waals surface area contributed by atoms with E-state index >= 15 is 0 Å². The molecule has 0 atom stereocenters. The Morgan fingerprint density at radius 3 is 2.00 bits per heavy atom. The van der Waals surface area contributed by atoms with Crippen LogP contribution in [0.5, 0.6) is 0 Å². The Morgan fingerprint density at radius 2 is 1.46 bits per heavy atom. The zero-order valence-electron chi connectivity index (χ0n) is 17.7. The van der Waals surface area contributed by atoms with Crippen molar-refractivity contribution in [2.75, 3.05) is 42.5 Å². The zero-order chi connectivity index (χ0) is 20.1. The molecule has 0 bridgehead atoms. The average Bonchev–Trinajstić information content (AvgIpc) is 2.69. The number of benzene rings is 1. The van der Waals surface area contributed by atoms with Crippen LogP contribution < -0.4 is 9.80 Å². The molecule has 1 aromatic carbocycles. The second-order valence-corrected chi connectivity index (χ2v) is 8.67. The van der Waals surface area contributed by atoms with Crippen LogP contribution in [0.1, 0.15) is 52.9 Å². The number of carbonyl (C=O) groups is 2. The Kier molecular flexibility index (Phi) is 6.97. The maximum atomic E-state index is 12.5. The molecule has 0 saturated carbocycles. The fourth-order valence-corrected chi connectivity index (χ4v) is 4.20. The van der Waals surface area contributed by atoms with Gasteiger partial charge in [0.05, 0.1) is 0 Å². The molecule has 2 aliphatic rings. The summed E-state index contributed by atoms with van der Waals surface area (Å²) in [4.78, 5) is 30.8. The van der Waals surface area contributed by atoms with E-state index in [-0.39, 0.29) is 11.8 Å².